The lowest BCUT2D eigenvalue weighted by Gasteiger charge is -2.38. The van der Waals surface area contributed by atoms with Crippen molar-refractivity contribution < 1.29 is 9.59 Å². The largest absolute Gasteiger partial charge is 0.343 e. The number of carbonyl (C=O) groups excluding carboxylic acids is 2. The van der Waals surface area contributed by atoms with Gasteiger partial charge in [0.05, 0.1) is 17.9 Å². The maximum Gasteiger partial charge on any atom is 0.275 e. The van der Waals surface area contributed by atoms with E-state index < -0.39 is 0 Å². The molecule has 0 aliphatic carbocycles. The predicted octanol–water partition coefficient (Wildman–Crippen LogP) is -0.281. The third-order valence-corrected chi connectivity index (χ3v) is 3.88. The van der Waals surface area contributed by atoms with Crippen LogP contribution in [0.1, 0.15) is 32.7 Å². The van der Waals surface area contributed by atoms with Gasteiger partial charge < -0.3 is 9.80 Å². The van der Waals surface area contributed by atoms with Gasteiger partial charge in [0.15, 0.2) is 5.69 Å². The zero-order chi connectivity index (χ0) is 16.7. The second-order valence-electron chi connectivity index (χ2n) is 5.94. The second kappa shape index (κ2) is 5.49. The first kappa shape index (κ1) is 15.2. The van der Waals surface area contributed by atoms with Gasteiger partial charge in [0, 0.05) is 34.2 Å². The molecule has 9 heteroatoms. The van der Waals surface area contributed by atoms with E-state index in [-0.39, 0.29) is 17.9 Å². The average Bonchev–Trinajstić information content (AvgIpc) is 3.03. The zero-order valence-corrected chi connectivity index (χ0v) is 13.6. The van der Waals surface area contributed by atoms with Crippen molar-refractivity contribution in [3.63, 3.8) is 0 Å². The minimum Gasteiger partial charge on any atom is -0.343 e. The summed E-state index contributed by atoms with van der Waals surface area (Å²) in [4.78, 5) is 27.4. The van der Waals surface area contributed by atoms with Crippen LogP contribution in [0.15, 0.2) is 12.3 Å². The lowest BCUT2D eigenvalue weighted by Crippen LogP contribution is -2.51. The molecule has 122 valence electrons. The monoisotopic (exact) mass is 317 g/mol. The molecule has 0 bridgehead atoms. The Balaban J connectivity index is 1.64. The summed E-state index contributed by atoms with van der Waals surface area (Å²) < 4.78 is 3.24. The van der Waals surface area contributed by atoms with Gasteiger partial charge in [0.2, 0.25) is 0 Å². The Labute approximate surface area is 133 Å². The molecule has 0 N–H and O–H groups in total. The molecule has 2 aromatic heterocycles. The minimum absolute atomic E-state index is 0.0458. The number of nitrogens with zero attached hydrogens (tertiary/aromatic N) is 7. The summed E-state index contributed by atoms with van der Waals surface area (Å²) in [6, 6.07) is 1.82. The molecule has 1 aliphatic rings. The van der Waals surface area contributed by atoms with Crippen LogP contribution in [-0.2, 0) is 7.05 Å². The van der Waals surface area contributed by atoms with E-state index in [4.69, 9.17) is 0 Å². The molecule has 2 amide bonds. The Kier molecular flexibility index (Phi) is 3.63. The molecule has 3 rings (SSSR count). The van der Waals surface area contributed by atoms with Gasteiger partial charge in [-0.15, -0.1) is 5.10 Å². The van der Waals surface area contributed by atoms with Gasteiger partial charge in [0.1, 0.15) is 5.69 Å². The first-order valence-electron chi connectivity index (χ1n) is 7.30. The van der Waals surface area contributed by atoms with E-state index in [1.54, 1.807) is 47.7 Å². The molecule has 1 aliphatic heterocycles. The minimum atomic E-state index is -0.186. The molecule has 0 radical (unpaired) electrons. The van der Waals surface area contributed by atoms with Crippen molar-refractivity contribution in [2.24, 2.45) is 7.05 Å². The third-order valence-electron chi connectivity index (χ3n) is 3.88. The number of rotatable bonds is 3. The SMILES string of the molecule is Cc1cc(C(=O)N2CC(n3cc(C(=O)N(C)C)nn3)C2)n(C)n1. The van der Waals surface area contributed by atoms with Gasteiger partial charge in [-0.3, -0.25) is 14.3 Å². The van der Waals surface area contributed by atoms with Gasteiger partial charge in [-0.2, -0.15) is 5.10 Å². The topological polar surface area (TPSA) is 89.2 Å². The molecule has 0 unspecified atom stereocenters. The van der Waals surface area contributed by atoms with E-state index in [0.29, 0.717) is 24.5 Å². The van der Waals surface area contributed by atoms with Crippen molar-refractivity contribution in [2.45, 2.75) is 13.0 Å². The van der Waals surface area contributed by atoms with Crippen LogP contribution in [-0.4, -0.2) is 73.6 Å². The fourth-order valence-corrected chi connectivity index (χ4v) is 2.54. The van der Waals surface area contributed by atoms with Crippen molar-refractivity contribution in [2.75, 3.05) is 27.2 Å². The smallest absolute Gasteiger partial charge is 0.275 e. The number of hydrogen-bond donors (Lipinski definition) is 0. The fourth-order valence-electron chi connectivity index (χ4n) is 2.54. The summed E-state index contributed by atoms with van der Waals surface area (Å²) in [5.41, 5.74) is 1.70. The highest BCUT2D eigenvalue weighted by atomic mass is 16.2. The molecule has 23 heavy (non-hydrogen) atoms. The van der Waals surface area contributed by atoms with Crippen LogP contribution in [0, 0.1) is 6.92 Å². The third kappa shape index (κ3) is 2.69. The Morgan fingerprint density at radius 2 is 2.00 bits per heavy atom. The van der Waals surface area contributed by atoms with Gasteiger partial charge in [-0.05, 0) is 13.0 Å². The molecular weight excluding hydrogens is 298 g/mol. The molecule has 9 nitrogen and oxygen atoms in total. The van der Waals surface area contributed by atoms with Crippen LogP contribution in [0.2, 0.25) is 0 Å². The van der Waals surface area contributed by atoms with Crippen molar-refractivity contribution >= 4 is 11.8 Å². The molecule has 0 aromatic carbocycles. The van der Waals surface area contributed by atoms with E-state index in [0.717, 1.165) is 5.69 Å². The number of carbonyl (C=O) groups is 2. The van der Waals surface area contributed by atoms with Crippen LogP contribution in [0.25, 0.3) is 0 Å². The standard InChI is InChI=1S/C14H19N7O2/c1-9-5-12(19(4)16-9)14(23)20-6-10(7-20)21-8-11(15-17-21)13(22)18(2)3/h5,8,10H,6-7H2,1-4H3. The molecule has 3 heterocycles. The molecular formula is C14H19N7O2. The van der Waals surface area contributed by atoms with E-state index in [9.17, 15) is 9.59 Å². The van der Waals surface area contributed by atoms with Crippen molar-refractivity contribution in [1.82, 2.24) is 34.6 Å². The average molecular weight is 317 g/mol. The zero-order valence-electron chi connectivity index (χ0n) is 13.6. The van der Waals surface area contributed by atoms with Crippen molar-refractivity contribution in [3.05, 3.63) is 29.3 Å². The Bertz CT molecular complexity index is 755. The highest BCUT2D eigenvalue weighted by Gasteiger charge is 2.34. The Morgan fingerprint density at radius 1 is 1.30 bits per heavy atom. The van der Waals surface area contributed by atoms with Crippen molar-refractivity contribution in [1.29, 1.82) is 0 Å². The fraction of sp³-hybridized carbons (Fsp3) is 0.500. The summed E-state index contributed by atoms with van der Waals surface area (Å²) in [7, 11) is 5.09. The van der Waals surface area contributed by atoms with Crippen molar-refractivity contribution in [3.8, 4) is 0 Å². The lowest BCUT2D eigenvalue weighted by atomic mass is 10.1. The highest BCUT2D eigenvalue weighted by Crippen LogP contribution is 2.22. The number of amides is 2. The molecule has 2 aromatic rings. The number of aryl methyl sites for hydroxylation is 2. The Morgan fingerprint density at radius 3 is 2.57 bits per heavy atom. The van der Waals surface area contributed by atoms with E-state index in [1.807, 2.05) is 6.92 Å². The van der Waals surface area contributed by atoms with Crippen LogP contribution in [0.4, 0.5) is 0 Å². The van der Waals surface area contributed by atoms with E-state index in [2.05, 4.69) is 15.4 Å². The number of likely N-dealkylation sites (tertiary alicyclic amines) is 1. The summed E-state index contributed by atoms with van der Waals surface area (Å²) in [5.74, 6) is -0.233. The molecule has 1 saturated heterocycles. The Hall–Kier alpha value is -2.71. The summed E-state index contributed by atoms with van der Waals surface area (Å²) >= 11 is 0. The van der Waals surface area contributed by atoms with Crippen LogP contribution >= 0.6 is 0 Å². The highest BCUT2D eigenvalue weighted by molar-refractivity contribution is 5.93. The van der Waals surface area contributed by atoms with Crippen LogP contribution < -0.4 is 0 Å². The van der Waals surface area contributed by atoms with E-state index >= 15 is 0 Å². The normalized spacial score (nSPS) is 14.7. The quantitative estimate of drug-likeness (QED) is 0.777. The summed E-state index contributed by atoms with van der Waals surface area (Å²) in [6.07, 6.45) is 1.63. The molecule has 0 saturated carbocycles. The summed E-state index contributed by atoms with van der Waals surface area (Å²) in [6.45, 7) is 2.94. The maximum absolute atomic E-state index is 12.4. The lowest BCUT2D eigenvalue weighted by molar-refractivity contribution is 0.0487. The predicted molar refractivity (Wildman–Crippen MR) is 80.9 cm³/mol. The van der Waals surface area contributed by atoms with Gasteiger partial charge in [0.25, 0.3) is 11.8 Å². The van der Waals surface area contributed by atoms with Crippen LogP contribution in [0.5, 0.6) is 0 Å². The van der Waals surface area contributed by atoms with Gasteiger partial charge in [-0.25, -0.2) is 4.68 Å². The van der Waals surface area contributed by atoms with Gasteiger partial charge >= 0.3 is 0 Å². The maximum atomic E-state index is 12.4. The molecule has 1 fully saturated rings. The first-order valence-corrected chi connectivity index (χ1v) is 7.30. The number of hydrogen-bond acceptors (Lipinski definition) is 5. The molecule has 0 spiro atoms. The first-order chi connectivity index (χ1) is 10.9. The summed E-state index contributed by atoms with van der Waals surface area (Å²) in [5, 5.41) is 12.1. The number of aromatic nitrogens is 5. The van der Waals surface area contributed by atoms with E-state index in [1.165, 1.54) is 4.90 Å². The van der Waals surface area contributed by atoms with Gasteiger partial charge in [-0.1, -0.05) is 5.21 Å². The second-order valence-corrected chi connectivity index (χ2v) is 5.94. The van der Waals surface area contributed by atoms with Crippen LogP contribution in [0.3, 0.4) is 0 Å². The molecule has 0 atom stereocenters.